The zero-order valence-corrected chi connectivity index (χ0v) is 25.2. The molecule has 1 aliphatic carbocycles. The highest BCUT2D eigenvalue weighted by Gasteiger charge is 2.27. The van der Waals surface area contributed by atoms with Crippen LogP contribution in [-0.4, -0.2) is 37.5 Å². The summed E-state index contributed by atoms with van der Waals surface area (Å²) >= 11 is 6.23. The van der Waals surface area contributed by atoms with E-state index in [2.05, 4.69) is 26.0 Å². The van der Waals surface area contributed by atoms with Crippen LogP contribution in [0, 0.1) is 18.6 Å². The second kappa shape index (κ2) is 12.7. The molecule has 6 rings (SSSR count). The minimum absolute atomic E-state index is 0.0204. The zero-order valence-electron chi connectivity index (χ0n) is 24.4. The molecular weight excluding hydrogens is 618 g/mol. The van der Waals surface area contributed by atoms with Crippen molar-refractivity contribution >= 4 is 40.7 Å². The fourth-order valence-corrected chi connectivity index (χ4v) is 5.84. The van der Waals surface area contributed by atoms with Crippen LogP contribution in [0.4, 0.5) is 14.5 Å². The number of aromatic nitrogens is 3. The third kappa shape index (κ3) is 6.04. The normalized spacial score (nSPS) is 13.9. The summed E-state index contributed by atoms with van der Waals surface area (Å²) in [5, 5.41) is 23.1. The molecule has 234 valence electrons. The van der Waals surface area contributed by atoms with Gasteiger partial charge in [0.05, 0.1) is 28.2 Å². The summed E-state index contributed by atoms with van der Waals surface area (Å²) in [7, 11) is 0. The molecule has 5 aromatic rings. The Morgan fingerprint density at radius 3 is 2.57 bits per heavy atom. The van der Waals surface area contributed by atoms with Crippen molar-refractivity contribution in [2.45, 2.75) is 38.9 Å². The molecule has 1 aliphatic rings. The maximum absolute atomic E-state index is 13.7. The van der Waals surface area contributed by atoms with Gasteiger partial charge in [0.15, 0.2) is 17.3 Å². The number of nitrogens with zero attached hydrogens (tertiary/aromatic N) is 3. The first-order valence-corrected chi connectivity index (χ1v) is 14.7. The highest BCUT2D eigenvalue weighted by Crippen LogP contribution is 2.35. The maximum atomic E-state index is 13.7. The van der Waals surface area contributed by atoms with E-state index >= 15 is 0 Å². The molecule has 0 saturated carbocycles. The van der Waals surface area contributed by atoms with Crippen LogP contribution in [0.1, 0.15) is 71.6 Å². The van der Waals surface area contributed by atoms with Gasteiger partial charge in [-0.15, -0.1) is 0 Å². The van der Waals surface area contributed by atoms with Crippen molar-refractivity contribution in [3.8, 4) is 0 Å². The number of carboxylic acids is 1. The summed E-state index contributed by atoms with van der Waals surface area (Å²) in [6.45, 7) is 1.94. The highest BCUT2D eigenvalue weighted by atomic mass is 35.5. The molecule has 1 unspecified atom stereocenters. The van der Waals surface area contributed by atoms with E-state index < -0.39 is 29.4 Å². The maximum Gasteiger partial charge on any atom is 0.335 e. The summed E-state index contributed by atoms with van der Waals surface area (Å²) < 4.78 is 28.6. The van der Waals surface area contributed by atoms with Gasteiger partial charge >= 0.3 is 5.97 Å². The number of hydrogen-bond acceptors (Lipinski definition) is 6. The Morgan fingerprint density at radius 1 is 1.00 bits per heavy atom. The summed E-state index contributed by atoms with van der Waals surface area (Å²) in [5.74, 6) is -4.14. The van der Waals surface area contributed by atoms with Gasteiger partial charge in [0.2, 0.25) is 0 Å². The first-order chi connectivity index (χ1) is 22.1. The number of aromatic carboxylic acids is 1. The largest absolute Gasteiger partial charge is 0.478 e. The van der Waals surface area contributed by atoms with Crippen molar-refractivity contribution in [3.63, 3.8) is 0 Å². The zero-order chi connectivity index (χ0) is 32.5. The van der Waals surface area contributed by atoms with Crippen LogP contribution in [0.2, 0.25) is 5.02 Å². The molecule has 10 nitrogen and oxygen atoms in total. The van der Waals surface area contributed by atoms with E-state index in [1.807, 2.05) is 6.07 Å². The molecule has 0 fully saturated rings. The number of anilines is 1. The Balaban J connectivity index is 1.31. The fraction of sp³-hybridized carbons (Fsp3) is 0.182. The van der Waals surface area contributed by atoms with Gasteiger partial charge in [0.1, 0.15) is 11.3 Å². The smallest absolute Gasteiger partial charge is 0.335 e. The predicted molar refractivity (Wildman–Crippen MR) is 166 cm³/mol. The Bertz CT molecular complexity index is 2030. The van der Waals surface area contributed by atoms with E-state index in [4.69, 9.17) is 11.6 Å². The predicted octanol–water partition coefficient (Wildman–Crippen LogP) is 5.63. The third-order valence-corrected chi connectivity index (χ3v) is 8.36. The first-order valence-electron chi connectivity index (χ1n) is 14.4. The van der Waals surface area contributed by atoms with Gasteiger partial charge in [0, 0.05) is 19.1 Å². The van der Waals surface area contributed by atoms with E-state index in [1.165, 1.54) is 22.8 Å². The number of nitrogens with one attached hydrogen (secondary N) is 3. The van der Waals surface area contributed by atoms with Crippen LogP contribution in [-0.2, 0) is 19.5 Å². The molecule has 2 aromatic heterocycles. The molecule has 0 bridgehead atoms. The van der Waals surface area contributed by atoms with Crippen molar-refractivity contribution in [2.75, 3.05) is 5.32 Å². The number of rotatable bonds is 9. The molecule has 46 heavy (non-hydrogen) atoms. The minimum Gasteiger partial charge on any atom is -0.478 e. The van der Waals surface area contributed by atoms with E-state index in [9.17, 15) is 28.3 Å². The van der Waals surface area contributed by atoms with Crippen molar-refractivity contribution in [3.05, 3.63) is 128 Å². The molecule has 0 saturated heterocycles. The fourth-order valence-electron chi connectivity index (χ4n) is 5.65. The van der Waals surface area contributed by atoms with Crippen molar-refractivity contribution in [1.29, 1.82) is 0 Å². The average molecular weight is 645 g/mol. The van der Waals surface area contributed by atoms with Gasteiger partial charge in [-0.25, -0.2) is 23.1 Å². The van der Waals surface area contributed by atoms with Gasteiger partial charge in [-0.2, -0.15) is 5.10 Å². The lowest BCUT2D eigenvalue weighted by Crippen LogP contribution is -2.26. The molecule has 2 amide bonds. The van der Waals surface area contributed by atoms with Crippen LogP contribution in [0.25, 0.3) is 5.65 Å². The number of fused-ring (bicyclic) bond motifs is 2. The van der Waals surface area contributed by atoms with Crippen LogP contribution in [0.5, 0.6) is 0 Å². The Hall–Kier alpha value is -5.20. The van der Waals surface area contributed by atoms with Crippen LogP contribution < -0.4 is 16.0 Å². The van der Waals surface area contributed by atoms with Crippen molar-refractivity contribution in [2.24, 2.45) is 0 Å². The summed E-state index contributed by atoms with van der Waals surface area (Å²) in [6.07, 6.45) is 2.79. The number of hydrogen-bond donors (Lipinski definition) is 4. The quantitative estimate of drug-likeness (QED) is 0.163. The van der Waals surface area contributed by atoms with Crippen LogP contribution in [0.15, 0.2) is 66.9 Å². The minimum atomic E-state index is -1.03. The Labute approximate surface area is 266 Å². The molecule has 3 aromatic carbocycles. The molecule has 0 spiro atoms. The molecular formula is C33H27ClF2N6O4. The SMILES string of the molecule is Cc1c(C(=O)O)ccc2c1CCC2NCc1cc(C(=O)NCc2ccc(F)c(F)c2)nc2c(C(=O)Nc3ccccc3Cl)cnn12. The topological polar surface area (TPSA) is 138 Å². The van der Waals surface area contributed by atoms with E-state index in [-0.39, 0.29) is 41.6 Å². The van der Waals surface area contributed by atoms with Crippen molar-refractivity contribution < 1.29 is 28.3 Å². The van der Waals surface area contributed by atoms with E-state index in [1.54, 1.807) is 37.3 Å². The number of halogens is 3. The number of carbonyl (C=O) groups excluding carboxylic acids is 2. The summed E-state index contributed by atoms with van der Waals surface area (Å²) in [6, 6.07) is 14.9. The van der Waals surface area contributed by atoms with Gasteiger partial charge in [-0.3, -0.25) is 9.59 Å². The van der Waals surface area contributed by atoms with Gasteiger partial charge in [-0.1, -0.05) is 35.9 Å². The number of para-hydroxylation sites is 1. The highest BCUT2D eigenvalue weighted by molar-refractivity contribution is 6.34. The summed E-state index contributed by atoms with van der Waals surface area (Å²) in [5.41, 5.74) is 4.45. The Morgan fingerprint density at radius 2 is 1.80 bits per heavy atom. The molecule has 0 aliphatic heterocycles. The monoisotopic (exact) mass is 644 g/mol. The lowest BCUT2D eigenvalue weighted by molar-refractivity contribution is 0.0695. The molecule has 1 atom stereocenters. The standard InChI is InChI=1S/C33H27ClF2N6O4/c1-17-20-9-11-27(22(20)8-7-21(17)33(45)46)37-15-19-13-29(32(44)38-14-18-6-10-25(35)26(36)12-18)40-30-23(16-39-42(19)30)31(43)41-28-5-3-2-4-24(28)34/h2-8,10,12-13,16,27,37H,9,11,14-15H2,1H3,(H,38,44)(H,41,43)(H,45,46). The molecule has 2 heterocycles. The Kier molecular flexibility index (Phi) is 8.48. The number of carbonyl (C=O) groups is 3. The van der Waals surface area contributed by atoms with Crippen molar-refractivity contribution in [1.82, 2.24) is 25.2 Å². The second-order valence-electron chi connectivity index (χ2n) is 10.9. The lowest BCUT2D eigenvalue weighted by atomic mass is 9.98. The third-order valence-electron chi connectivity index (χ3n) is 8.04. The molecule has 0 radical (unpaired) electrons. The van der Waals surface area contributed by atoms with Gasteiger partial charge in [0.25, 0.3) is 11.8 Å². The average Bonchev–Trinajstić information content (AvgIpc) is 3.66. The first kappa shape index (κ1) is 30.8. The lowest BCUT2D eigenvalue weighted by Gasteiger charge is -2.16. The molecule has 4 N–H and O–H groups in total. The van der Waals surface area contributed by atoms with E-state index in [0.29, 0.717) is 28.4 Å². The summed E-state index contributed by atoms with van der Waals surface area (Å²) in [4.78, 5) is 42.7. The van der Waals surface area contributed by atoms with E-state index in [0.717, 1.165) is 35.2 Å². The van der Waals surface area contributed by atoms with Crippen LogP contribution >= 0.6 is 11.6 Å². The number of carboxylic acid groups (broad SMARTS) is 1. The van der Waals surface area contributed by atoms with Gasteiger partial charge < -0.3 is 21.1 Å². The second-order valence-corrected chi connectivity index (χ2v) is 11.3. The number of benzene rings is 3. The number of amides is 2. The molecule has 13 heteroatoms. The van der Waals surface area contributed by atoms with Gasteiger partial charge in [-0.05, 0) is 78.4 Å². The van der Waals surface area contributed by atoms with Crippen LogP contribution in [0.3, 0.4) is 0 Å².